The van der Waals surface area contributed by atoms with E-state index in [1.165, 1.54) is 23.5 Å². The van der Waals surface area contributed by atoms with Crippen molar-refractivity contribution in [1.82, 2.24) is 9.71 Å². The molecular weight excluding hydrogens is 316 g/mol. The maximum atomic E-state index is 12.3. The van der Waals surface area contributed by atoms with Crippen LogP contribution in [0, 0.1) is 10.1 Å². The van der Waals surface area contributed by atoms with Crippen LogP contribution in [0.4, 0.5) is 11.4 Å². The first-order chi connectivity index (χ1) is 9.94. The largest absolute Gasteiger partial charge is 0.387 e. The molecule has 0 saturated carbocycles. The number of nitro groups is 1. The number of benzene rings is 1. The Morgan fingerprint density at radius 3 is 2.76 bits per heavy atom. The molecule has 1 aromatic heterocycles. The molecule has 0 unspecified atom stereocenters. The lowest BCUT2D eigenvalue weighted by molar-refractivity contribution is -0.385. The molecule has 0 amide bonds. The number of rotatable bonds is 6. The van der Waals surface area contributed by atoms with Crippen LogP contribution in [0.5, 0.6) is 0 Å². The summed E-state index contributed by atoms with van der Waals surface area (Å²) in [4.78, 5) is 13.9. The standard InChI is InChI=1S/C11H12N4O4S2/c1-12-9-3-2-8(15(16)17)6-10(9)21(18,19)14-7-11-13-4-5-20-11/h2-6,12,14H,7H2,1H3. The summed E-state index contributed by atoms with van der Waals surface area (Å²) in [7, 11) is -2.34. The molecule has 0 radical (unpaired) electrons. The minimum Gasteiger partial charge on any atom is -0.387 e. The van der Waals surface area contributed by atoms with E-state index >= 15 is 0 Å². The van der Waals surface area contributed by atoms with Gasteiger partial charge in [0.2, 0.25) is 10.0 Å². The zero-order chi connectivity index (χ0) is 15.5. The van der Waals surface area contributed by atoms with Gasteiger partial charge in [-0.15, -0.1) is 11.3 Å². The van der Waals surface area contributed by atoms with Gasteiger partial charge in [0.25, 0.3) is 5.69 Å². The van der Waals surface area contributed by atoms with Gasteiger partial charge in [0, 0.05) is 30.8 Å². The fourth-order valence-corrected chi connectivity index (χ4v) is 3.49. The number of hydrogen-bond acceptors (Lipinski definition) is 7. The highest BCUT2D eigenvalue weighted by Gasteiger charge is 2.22. The average molecular weight is 328 g/mol. The molecule has 2 N–H and O–H groups in total. The summed E-state index contributed by atoms with van der Waals surface area (Å²) in [5, 5.41) is 15.8. The minimum absolute atomic E-state index is 0.0336. The Balaban J connectivity index is 2.33. The van der Waals surface area contributed by atoms with Crippen molar-refractivity contribution in [3.63, 3.8) is 0 Å². The van der Waals surface area contributed by atoms with E-state index in [1.807, 2.05) is 0 Å². The molecule has 0 aliphatic carbocycles. The molecule has 0 aliphatic heterocycles. The molecule has 0 atom stereocenters. The molecule has 0 fully saturated rings. The van der Waals surface area contributed by atoms with Crippen LogP contribution in [0.2, 0.25) is 0 Å². The Labute approximate surface area is 125 Å². The fraction of sp³-hybridized carbons (Fsp3) is 0.182. The van der Waals surface area contributed by atoms with Crippen molar-refractivity contribution in [2.45, 2.75) is 11.4 Å². The van der Waals surface area contributed by atoms with Crippen molar-refractivity contribution < 1.29 is 13.3 Å². The highest BCUT2D eigenvalue weighted by atomic mass is 32.2. The molecule has 0 saturated heterocycles. The van der Waals surface area contributed by atoms with Gasteiger partial charge in [-0.3, -0.25) is 10.1 Å². The number of nitrogens with one attached hydrogen (secondary N) is 2. The summed E-state index contributed by atoms with van der Waals surface area (Å²) in [6, 6.07) is 3.62. The van der Waals surface area contributed by atoms with Crippen molar-refractivity contribution in [1.29, 1.82) is 0 Å². The SMILES string of the molecule is CNc1ccc([N+](=O)[O-])cc1S(=O)(=O)NCc1nccs1. The van der Waals surface area contributed by atoms with E-state index in [1.54, 1.807) is 18.6 Å². The lowest BCUT2D eigenvalue weighted by Gasteiger charge is -2.10. The van der Waals surface area contributed by atoms with E-state index in [9.17, 15) is 18.5 Å². The Kier molecular flexibility index (Phi) is 4.50. The van der Waals surface area contributed by atoms with Crippen molar-refractivity contribution in [2.24, 2.45) is 0 Å². The lowest BCUT2D eigenvalue weighted by Crippen LogP contribution is -2.24. The van der Waals surface area contributed by atoms with Gasteiger partial charge in [-0.1, -0.05) is 0 Å². The second kappa shape index (κ2) is 6.16. The number of nitrogens with zero attached hydrogens (tertiary/aromatic N) is 2. The number of sulfonamides is 1. The highest BCUT2D eigenvalue weighted by molar-refractivity contribution is 7.89. The molecule has 2 aromatic rings. The number of hydrogen-bond donors (Lipinski definition) is 2. The van der Waals surface area contributed by atoms with Crippen molar-refractivity contribution in [3.8, 4) is 0 Å². The first-order valence-corrected chi connectivity index (χ1v) is 8.14. The average Bonchev–Trinajstić information content (AvgIpc) is 2.98. The maximum absolute atomic E-state index is 12.3. The van der Waals surface area contributed by atoms with Gasteiger partial charge in [0.15, 0.2) is 0 Å². The number of thiazole rings is 1. The van der Waals surface area contributed by atoms with Gasteiger partial charge in [-0.05, 0) is 6.07 Å². The monoisotopic (exact) mass is 328 g/mol. The Morgan fingerprint density at radius 2 is 2.19 bits per heavy atom. The second-order valence-corrected chi connectivity index (χ2v) is 6.65. The third-order valence-electron chi connectivity index (χ3n) is 2.63. The highest BCUT2D eigenvalue weighted by Crippen LogP contribution is 2.26. The van der Waals surface area contributed by atoms with Crippen LogP contribution in [0.3, 0.4) is 0 Å². The summed E-state index contributed by atoms with van der Waals surface area (Å²) in [6.45, 7) is 0.0336. The van der Waals surface area contributed by atoms with Crippen molar-refractivity contribution in [3.05, 3.63) is 44.9 Å². The van der Waals surface area contributed by atoms with Crippen LogP contribution in [-0.4, -0.2) is 25.4 Å². The summed E-state index contributed by atoms with van der Waals surface area (Å²) >= 11 is 1.31. The van der Waals surface area contributed by atoms with E-state index in [2.05, 4.69) is 15.0 Å². The van der Waals surface area contributed by atoms with Gasteiger partial charge in [-0.25, -0.2) is 18.1 Å². The van der Waals surface area contributed by atoms with Crippen molar-refractivity contribution >= 4 is 32.7 Å². The molecule has 0 spiro atoms. The Hall–Kier alpha value is -2.04. The van der Waals surface area contributed by atoms with Gasteiger partial charge >= 0.3 is 0 Å². The molecule has 0 aliphatic rings. The molecule has 8 nitrogen and oxygen atoms in total. The topological polar surface area (TPSA) is 114 Å². The van der Waals surface area contributed by atoms with Gasteiger partial charge in [0.1, 0.15) is 9.90 Å². The molecule has 112 valence electrons. The van der Waals surface area contributed by atoms with E-state index in [-0.39, 0.29) is 22.8 Å². The maximum Gasteiger partial charge on any atom is 0.270 e. The molecule has 1 heterocycles. The number of anilines is 1. The zero-order valence-corrected chi connectivity index (χ0v) is 12.6. The number of aromatic nitrogens is 1. The third kappa shape index (κ3) is 3.54. The molecule has 10 heteroatoms. The lowest BCUT2D eigenvalue weighted by atomic mass is 10.3. The smallest absolute Gasteiger partial charge is 0.270 e. The predicted molar refractivity (Wildman–Crippen MR) is 78.8 cm³/mol. The van der Waals surface area contributed by atoms with E-state index in [0.29, 0.717) is 5.01 Å². The molecular formula is C11H12N4O4S2. The second-order valence-electron chi connectivity index (χ2n) is 3.94. The van der Waals surface area contributed by atoms with E-state index in [0.717, 1.165) is 6.07 Å². The first kappa shape index (κ1) is 15.4. The molecule has 0 bridgehead atoms. The summed E-state index contributed by atoms with van der Waals surface area (Å²) in [5.41, 5.74) is -0.00383. The number of nitro benzene ring substituents is 1. The number of non-ortho nitro benzene ring substituents is 1. The van der Waals surface area contributed by atoms with Crippen LogP contribution in [0.25, 0.3) is 0 Å². The molecule has 1 aromatic carbocycles. The predicted octanol–water partition coefficient (Wildman–Crippen LogP) is 1.57. The normalized spacial score (nSPS) is 11.3. The summed E-state index contributed by atoms with van der Waals surface area (Å²) in [6.07, 6.45) is 1.57. The molecule has 2 rings (SSSR count). The van der Waals surface area contributed by atoms with Gasteiger partial charge in [-0.2, -0.15) is 0 Å². The Morgan fingerprint density at radius 1 is 1.43 bits per heavy atom. The zero-order valence-electron chi connectivity index (χ0n) is 10.9. The first-order valence-electron chi connectivity index (χ1n) is 5.78. The Bertz CT molecular complexity index is 744. The van der Waals surface area contributed by atoms with Crippen LogP contribution < -0.4 is 10.0 Å². The fourth-order valence-electron chi connectivity index (χ4n) is 1.63. The molecule has 21 heavy (non-hydrogen) atoms. The minimum atomic E-state index is -3.89. The summed E-state index contributed by atoms with van der Waals surface area (Å²) in [5.74, 6) is 0. The van der Waals surface area contributed by atoms with Crippen LogP contribution in [0.15, 0.2) is 34.7 Å². The van der Waals surface area contributed by atoms with E-state index in [4.69, 9.17) is 0 Å². The third-order valence-corrected chi connectivity index (χ3v) is 4.85. The van der Waals surface area contributed by atoms with Gasteiger partial charge < -0.3 is 5.32 Å². The van der Waals surface area contributed by atoms with E-state index < -0.39 is 14.9 Å². The van der Waals surface area contributed by atoms with Crippen LogP contribution in [0.1, 0.15) is 5.01 Å². The van der Waals surface area contributed by atoms with Gasteiger partial charge in [0.05, 0.1) is 17.2 Å². The van der Waals surface area contributed by atoms with Crippen LogP contribution >= 0.6 is 11.3 Å². The van der Waals surface area contributed by atoms with Crippen molar-refractivity contribution in [2.75, 3.05) is 12.4 Å². The quantitative estimate of drug-likeness (QED) is 0.614. The summed E-state index contributed by atoms with van der Waals surface area (Å²) < 4.78 is 26.9. The van der Waals surface area contributed by atoms with Crippen LogP contribution in [-0.2, 0) is 16.6 Å².